The van der Waals surface area contributed by atoms with E-state index in [1.54, 1.807) is 48.5 Å². The van der Waals surface area contributed by atoms with Gasteiger partial charge in [0.2, 0.25) is 11.9 Å². The first-order valence-electron chi connectivity index (χ1n) is 12.6. The van der Waals surface area contributed by atoms with Gasteiger partial charge >= 0.3 is 0 Å². The van der Waals surface area contributed by atoms with Crippen LogP contribution in [0, 0.1) is 23.3 Å². The van der Waals surface area contributed by atoms with Crippen LogP contribution < -0.4 is 20.9 Å². The Balaban J connectivity index is 0.000000175. The first-order chi connectivity index (χ1) is 21.2. The van der Waals surface area contributed by atoms with Gasteiger partial charge in [-0.25, -0.2) is 27.5 Å². The van der Waals surface area contributed by atoms with E-state index < -0.39 is 23.3 Å². The Morgan fingerprint density at radius 3 is 1.14 bits per heavy atom. The summed E-state index contributed by atoms with van der Waals surface area (Å²) in [5.74, 6) is -3.17. The quantitative estimate of drug-likeness (QED) is 0.206. The molecule has 6 aromatic rings. The van der Waals surface area contributed by atoms with E-state index in [1.807, 2.05) is 12.1 Å². The molecule has 0 aliphatic carbocycles. The van der Waals surface area contributed by atoms with Gasteiger partial charge in [-0.3, -0.25) is 0 Å². The molecule has 0 saturated carbocycles. The van der Waals surface area contributed by atoms with Gasteiger partial charge in [-0.1, -0.05) is 60.7 Å². The number of aromatic nitrogens is 6. The zero-order valence-corrected chi connectivity index (χ0v) is 22.4. The van der Waals surface area contributed by atoms with Gasteiger partial charge < -0.3 is 20.9 Å². The number of ether oxygens (including phenoxy) is 2. The molecule has 0 aliphatic rings. The molecule has 0 saturated heterocycles. The number of halogens is 4. The summed E-state index contributed by atoms with van der Waals surface area (Å²) in [6, 6.07) is 23.7. The van der Waals surface area contributed by atoms with Crippen LogP contribution in [-0.2, 0) is 0 Å². The molecular formula is C30H20F4N8O2. The van der Waals surface area contributed by atoms with Gasteiger partial charge in [0, 0.05) is 47.5 Å². The number of nitrogens with zero attached hydrogens (tertiary/aromatic N) is 6. The van der Waals surface area contributed by atoms with Crippen molar-refractivity contribution in [3.8, 4) is 45.8 Å². The van der Waals surface area contributed by atoms with E-state index in [4.69, 9.17) is 20.9 Å². The molecule has 44 heavy (non-hydrogen) atoms. The normalized spacial score (nSPS) is 10.5. The number of benzene rings is 4. The average Bonchev–Trinajstić information content (AvgIpc) is 2.99. The Labute approximate surface area is 247 Å². The van der Waals surface area contributed by atoms with Crippen molar-refractivity contribution in [1.29, 1.82) is 0 Å². The van der Waals surface area contributed by atoms with Gasteiger partial charge in [0.05, 0.1) is 0 Å². The SMILES string of the molecule is Nc1nnc(Oc2cc(F)cc(F)c2)c(-c2ccccc2)n1.Nc1nnc(Oc2cc(F)cc(F)c2)c(-c2ccccc2)n1. The summed E-state index contributed by atoms with van der Waals surface area (Å²) in [7, 11) is 0. The second kappa shape index (κ2) is 13.2. The summed E-state index contributed by atoms with van der Waals surface area (Å²) >= 11 is 0. The largest absolute Gasteiger partial charge is 0.436 e. The highest BCUT2D eigenvalue weighted by molar-refractivity contribution is 5.66. The summed E-state index contributed by atoms with van der Waals surface area (Å²) in [6.07, 6.45) is 0. The molecule has 0 spiro atoms. The third-order valence-electron chi connectivity index (χ3n) is 5.54. The van der Waals surface area contributed by atoms with Crippen LogP contribution in [0.3, 0.4) is 0 Å². The lowest BCUT2D eigenvalue weighted by Gasteiger charge is -2.09. The minimum Gasteiger partial charge on any atom is -0.436 e. The van der Waals surface area contributed by atoms with Crippen molar-refractivity contribution in [3.63, 3.8) is 0 Å². The maximum atomic E-state index is 13.2. The lowest BCUT2D eigenvalue weighted by Crippen LogP contribution is -2.02. The van der Waals surface area contributed by atoms with E-state index in [2.05, 4.69) is 30.4 Å². The molecule has 0 amide bonds. The van der Waals surface area contributed by atoms with E-state index in [0.717, 1.165) is 36.4 Å². The van der Waals surface area contributed by atoms with Crippen molar-refractivity contribution in [2.75, 3.05) is 11.5 Å². The number of hydrogen-bond donors (Lipinski definition) is 2. The summed E-state index contributed by atoms with van der Waals surface area (Å²) in [5.41, 5.74) is 13.1. The molecule has 2 heterocycles. The fourth-order valence-electron chi connectivity index (χ4n) is 3.76. The molecular weight excluding hydrogens is 580 g/mol. The van der Waals surface area contributed by atoms with E-state index >= 15 is 0 Å². The highest BCUT2D eigenvalue weighted by atomic mass is 19.1. The number of rotatable bonds is 6. The minimum atomic E-state index is -0.757. The summed E-state index contributed by atoms with van der Waals surface area (Å²) < 4.78 is 63.7. The van der Waals surface area contributed by atoms with Gasteiger partial charge in [-0.15, -0.1) is 20.4 Å². The van der Waals surface area contributed by atoms with Crippen LogP contribution in [0.25, 0.3) is 22.5 Å². The van der Waals surface area contributed by atoms with Crippen molar-refractivity contribution in [3.05, 3.63) is 120 Å². The Hall–Kier alpha value is -6.18. The molecule has 0 fully saturated rings. The summed E-state index contributed by atoms with van der Waals surface area (Å²) in [4.78, 5) is 8.15. The molecule has 2 aromatic heterocycles. The summed E-state index contributed by atoms with van der Waals surface area (Å²) in [6.45, 7) is 0. The molecule has 0 radical (unpaired) electrons. The van der Waals surface area contributed by atoms with Crippen LogP contribution in [-0.4, -0.2) is 30.4 Å². The first-order valence-corrected chi connectivity index (χ1v) is 12.6. The van der Waals surface area contributed by atoms with Crippen molar-refractivity contribution in [2.24, 2.45) is 0 Å². The van der Waals surface area contributed by atoms with Gasteiger partial charge in [-0.05, 0) is 0 Å². The smallest absolute Gasteiger partial charge is 0.265 e. The molecule has 14 heteroatoms. The van der Waals surface area contributed by atoms with Crippen LogP contribution in [0.1, 0.15) is 0 Å². The maximum Gasteiger partial charge on any atom is 0.265 e. The second-order valence-electron chi connectivity index (χ2n) is 8.79. The van der Waals surface area contributed by atoms with Crippen molar-refractivity contribution < 1.29 is 27.0 Å². The number of nitrogen functional groups attached to an aromatic ring is 2. The van der Waals surface area contributed by atoms with Crippen molar-refractivity contribution in [2.45, 2.75) is 0 Å². The van der Waals surface area contributed by atoms with Gasteiger partial charge in [0.1, 0.15) is 46.2 Å². The average molecular weight is 601 g/mol. The third kappa shape index (κ3) is 7.55. The molecule has 4 N–H and O–H groups in total. The van der Waals surface area contributed by atoms with Crippen molar-refractivity contribution in [1.82, 2.24) is 30.4 Å². The number of nitrogens with two attached hydrogens (primary N) is 2. The molecule has 0 aliphatic heterocycles. The predicted molar refractivity (Wildman–Crippen MR) is 152 cm³/mol. The lowest BCUT2D eigenvalue weighted by atomic mass is 10.1. The topological polar surface area (TPSA) is 148 Å². The monoisotopic (exact) mass is 600 g/mol. The standard InChI is InChI=1S/2C15H10F2N4O/c2*16-10-6-11(17)8-12(7-10)22-14-13(19-15(18)21-20-14)9-4-2-1-3-5-9/h2*1-8H,(H2,18,19,21). The van der Waals surface area contributed by atoms with Crippen LogP contribution in [0.4, 0.5) is 29.5 Å². The zero-order chi connectivity index (χ0) is 31.1. The Morgan fingerprint density at radius 2 is 0.795 bits per heavy atom. The van der Waals surface area contributed by atoms with E-state index in [0.29, 0.717) is 22.5 Å². The molecule has 0 atom stereocenters. The highest BCUT2D eigenvalue weighted by Crippen LogP contribution is 2.31. The Kier molecular flexibility index (Phi) is 8.80. The third-order valence-corrected chi connectivity index (χ3v) is 5.54. The van der Waals surface area contributed by atoms with Crippen LogP contribution in [0.5, 0.6) is 23.3 Å². The Bertz CT molecular complexity index is 1720. The van der Waals surface area contributed by atoms with Crippen LogP contribution >= 0.6 is 0 Å². The second-order valence-corrected chi connectivity index (χ2v) is 8.79. The van der Waals surface area contributed by atoms with Gasteiger partial charge in [0.15, 0.2) is 0 Å². The van der Waals surface area contributed by atoms with E-state index in [1.165, 1.54) is 0 Å². The summed E-state index contributed by atoms with van der Waals surface area (Å²) in [5, 5.41) is 14.8. The van der Waals surface area contributed by atoms with Gasteiger partial charge in [-0.2, -0.15) is 0 Å². The predicted octanol–water partition coefficient (Wildman–Crippen LogP) is 6.38. The maximum absolute atomic E-state index is 13.2. The molecule has 6 rings (SSSR count). The number of hydrogen-bond acceptors (Lipinski definition) is 10. The lowest BCUT2D eigenvalue weighted by molar-refractivity contribution is 0.443. The molecule has 0 bridgehead atoms. The fourth-order valence-corrected chi connectivity index (χ4v) is 3.76. The van der Waals surface area contributed by atoms with Gasteiger partial charge in [0.25, 0.3) is 11.8 Å². The van der Waals surface area contributed by atoms with E-state index in [9.17, 15) is 17.6 Å². The molecule has 10 nitrogen and oxygen atoms in total. The van der Waals surface area contributed by atoms with Crippen LogP contribution in [0.15, 0.2) is 97.1 Å². The van der Waals surface area contributed by atoms with E-state index in [-0.39, 0.29) is 35.2 Å². The highest BCUT2D eigenvalue weighted by Gasteiger charge is 2.15. The van der Waals surface area contributed by atoms with Crippen LogP contribution in [0.2, 0.25) is 0 Å². The first kappa shape index (κ1) is 29.3. The zero-order valence-electron chi connectivity index (χ0n) is 22.4. The van der Waals surface area contributed by atoms with Crippen molar-refractivity contribution >= 4 is 11.9 Å². The molecule has 0 unspecified atom stereocenters. The molecule has 4 aromatic carbocycles. The minimum absolute atomic E-state index is 0.00500. The fraction of sp³-hybridized carbons (Fsp3) is 0. The Morgan fingerprint density at radius 1 is 0.455 bits per heavy atom. The molecule has 220 valence electrons. The number of anilines is 2.